The topological polar surface area (TPSA) is 97.7 Å². The summed E-state index contributed by atoms with van der Waals surface area (Å²) in [6.45, 7) is 0. The molecule has 0 aliphatic carbocycles. The van der Waals surface area contributed by atoms with E-state index in [2.05, 4.69) is 43.8 Å². The van der Waals surface area contributed by atoms with Gasteiger partial charge in [-0.2, -0.15) is 5.26 Å². The van der Waals surface area contributed by atoms with Gasteiger partial charge in [0.25, 0.3) is 5.91 Å². The Morgan fingerprint density at radius 2 is 1.71 bits per heavy atom. The monoisotopic (exact) mass is 632 g/mol. The van der Waals surface area contributed by atoms with Crippen molar-refractivity contribution in [2.75, 3.05) is 19.5 Å². The SMILES string of the molecule is COc1ccc(C(=O)Oc2c(Br)cc(/C=C(\C#N)C(=O)Nc3ccc(I)cc3)cc2OC)cc1. The number of hydrogen-bond acceptors (Lipinski definition) is 6. The van der Waals surface area contributed by atoms with Crippen LogP contribution in [0.1, 0.15) is 15.9 Å². The molecule has 0 bridgehead atoms. The van der Waals surface area contributed by atoms with Crippen LogP contribution in [0.15, 0.2) is 70.7 Å². The lowest BCUT2D eigenvalue weighted by molar-refractivity contribution is -0.112. The van der Waals surface area contributed by atoms with Crippen molar-refractivity contribution in [3.05, 3.63) is 85.4 Å². The number of ether oxygens (including phenoxy) is 3. The fraction of sp³-hybridized carbons (Fsp3) is 0.0800. The van der Waals surface area contributed by atoms with E-state index in [1.807, 2.05) is 18.2 Å². The van der Waals surface area contributed by atoms with Gasteiger partial charge in [-0.1, -0.05) is 0 Å². The molecule has 1 N–H and O–H groups in total. The highest BCUT2D eigenvalue weighted by Crippen LogP contribution is 2.38. The second-order valence-electron chi connectivity index (χ2n) is 6.78. The van der Waals surface area contributed by atoms with Gasteiger partial charge < -0.3 is 19.5 Å². The van der Waals surface area contributed by atoms with E-state index in [0.29, 0.717) is 27.0 Å². The predicted octanol–water partition coefficient (Wildman–Crippen LogP) is 5.84. The molecule has 0 radical (unpaired) electrons. The molecule has 0 atom stereocenters. The molecule has 0 spiro atoms. The maximum Gasteiger partial charge on any atom is 0.343 e. The van der Waals surface area contributed by atoms with E-state index < -0.39 is 11.9 Å². The van der Waals surface area contributed by atoms with Crippen molar-refractivity contribution in [3.8, 4) is 23.3 Å². The second-order valence-corrected chi connectivity index (χ2v) is 8.88. The first-order valence-electron chi connectivity index (χ1n) is 9.77. The molecule has 0 saturated carbocycles. The first kappa shape index (κ1) is 25.3. The zero-order valence-electron chi connectivity index (χ0n) is 18.1. The molecule has 0 unspecified atom stereocenters. The van der Waals surface area contributed by atoms with Gasteiger partial charge in [-0.15, -0.1) is 0 Å². The summed E-state index contributed by atoms with van der Waals surface area (Å²) in [5, 5.41) is 12.2. The zero-order valence-corrected chi connectivity index (χ0v) is 21.8. The maximum absolute atomic E-state index is 12.6. The number of methoxy groups -OCH3 is 2. The van der Waals surface area contributed by atoms with Crippen LogP contribution in [0.25, 0.3) is 6.08 Å². The molecule has 0 aliphatic rings. The molecule has 3 aromatic carbocycles. The molecule has 172 valence electrons. The highest BCUT2D eigenvalue weighted by molar-refractivity contribution is 14.1. The van der Waals surface area contributed by atoms with Crippen molar-refractivity contribution in [2.45, 2.75) is 0 Å². The van der Waals surface area contributed by atoms with Crippen molar-refractivity contribution in [1.82, 2.24) is 0 Å². The van der Waals surface area contributed by atoms with Gasteiger partial charge in [0.2, 0.25) is 0 Å². The third-order valence-electron chi connectivity index (χ3n) is 4.55. The molecule has 0 heterocycles. The van der Waals surface area contributed by atoms with Crippen LogP contribution in [-0.4, -0.2) is 26.1 Å². The van der Waals surface area contributed by atoms with Crippen LogP contribution in [0.2, 0.25) is 0 Å². The van der Waals surface area contributed by atoms with Gasteiger partial charge in [0, 0.05) is 9.26 Å². The summed E-state index contributed by atoms with van der Waals surface area (Å²) >= 11 is 5.54. The highest BCUT2D eigenvalue weighted by atomic mass is 127. The summed E-state index contributed by atoms with van der Waals surface area (Å²) in [4.78, 5) is 25.1. The van der Waals surface area contributed by atoms with Crippen molar-refractivity contribution < 1.29 is 23.8 Å². The summed E-state index contributed by atoms with van der Waals surface area (Å²) in [5.74, 6) is -0.0979. The average molecular weight is 633 g/mol. The largest absolute Gasteiger partial charge is 0.497 e. The van der Waals surface area contributed by atoms with E-state index in [0.717, 1.165) is 3.57 Å². The fourth-order valence-electron chi connectivity index (χ4n) is 2.85. The van der Waals surface area contributed by atoms with Crippen LogP contribution in [0.3, 0.4) is 0 Å². The third-order valence-corrected chi connectivity index (χ3v) is 5.86. The quantitative estimate of drug-likeness (QED) is 0.116. The number of carbonyl (C=O) groups excluding carboxylic acids is 2. The number of nitrogens with one attached hydrogen (secondary N) is 1. The highest BCUT2D eigenvalue weighted by Gasteiger charge is 2.18. The minimum absolute atomic E-state index is 0.101. The number of hydrogen-bond donors (Lipinski definition) is 1. The second kappa shape index (κ2) is 11.7. The van der Waals surface area contributed by atoms with Gasteiger partial charge in [0.05, 0.1) is 24.3 Å². The number of benzene rings is 3. The molecule has 3 aromatic rings. The minimum Gasteiger partial charge on any atom is -0.497 e. The zero-order chi connectivity index (χ0) is 24.7. The van der Waals surface area contributed by atoms with Crippen LogP contribution in [0, 0.1) is 14.9 Å². The van der Waals surface area contributed by atoms with Crippen molar-refractivity contribution in [1.29, 1.82) is 5.26 Å². The molecule has 0 aromatic heterocycles. The smallest absolute Gasteiger partial charge is 0.343 e. The Labute approximate surface area is 218 Å². The lowest BCUT2D eigenvalue weighted by Crippen LogP contribution is -2.13. The fourth-order valence-corrected chi connectivity index (χ4v) is 3.75. The molecule has 9 heteroatoms. The van der Waals surface area contributed by atoms with Crippen molar-refractivity contribution >= 4 is 62.2 Å². The average Bonchev–Trinajstić information content (AvgIpc) is 2.85. The standard InChI is InChI=1S/C25H18BrIN2O5/c1-32-20-9-3-16(4-10-20)25(31)34-23-21(26)12-15(13-22(23)33-2)11-17(14-28)24(30)29-19-7-5-18(27)6-8-19/h3-13H,1-2H3,(H,29,30)/b17-11+. The van der Waals surface area contributed by atoms with E-state index in [1.165, 1.54) is 20.3 Å². The van der Waals surface area contributed by atoms with Gasteiger partial charge in [-0.25, -0.2) is 4.79 Å². The molecule has 1 amide bonds. The van der Waals surface area contributed by atoms with Gasteiger partial charge in [0.1, 0.15) is 17.4 Å². The normalized spacial score (nSPS) is 10.7. The Kier molecular flexibility index (Phi) is 8.67. The number of nitrogens with zero attached hydrogens (tertiary/aromatic N) is 1. The van der Waals surface area contributed by atoms with Crippen LogP contribution in [0.4, 0.5) is 5.69 Å². The predicted molar refractivity (Wildman–Crippen MR) is 140 cm³/mol. The number of esters is 1. The molecular weight excluding hydrogens is 615 g/mol. The Morgan fingerprint density at radius 1 is 1.03 bits per heavy atom. The van der Waals surface area contributed by atoms with Crippen molar-refractivity contribution in [3.63, 3.8) is 0 Å². The number of anilines is 1. The molecule has 0 saturated heterocycles. The number of amides is 1. The number of rotatable bonds is 7. The molecular formula is C25H18BrIN2O5. The van der Waals surface area contributed by atoms with Gasteiger partial charge in [-0.3, -0.25) is 4.79 Å². The molecule has 0 fully saturated rings. The molecule has 0 aliphatic heterocycles. The molecule has 3 rings (SSSR count). The van der Waals surface area contributed by atoms with E-state index >= 15 is 0 Å². The lowest BCUT2D eigenvalue weighted by atomic mass is 10.1. The molecule has 34 heavy (non-hydrogen) atoms. The first-order chi connectivity index (χ1) is 16.3. The Balaban J connectivity index is 1.83. The van der Waals surface area contributed by atoms with Crippen LogP contribution < -0.4 is 19.5 Å². The summed E-state index contributed by atoms with van der Waals surface area (Å²) < 4.78 is 17.4. The van der Waals surface area contributed by atoms with Crippen LogP contribution >= 0.6 is 38.5 Å². The van der Waals surface area contributed by atoms with Gasteiger partial charge in [-0.05, 0) is 111 Å². The summed E-state index contributed by atoms with van der Waals surface area (Å²) in [5.41, 5.74) is 1.31. The molecule has 7 nitrogen and oxygen atoms in total. The van der Waals surface area contributed by atoms with E-state index in [-0.39, 0.29) is 17.1 Å². The van der Waals surface area contributed by atoms with Gasteiger partial charge >= 0.3 is 5.97 Å². The lowest BCUT2D eigenvalue weighted by Gasteiger charge is -2.13. The van der Waals surface area contributed by atoms with Crippen LogP contribution in [-0.2, 0) is 4.79 Å². The number of halogens is 2. The summed E-state index contributed by atoms with van der Waals surface area (Å²) in [6, 6.07) is 18.8. The third kappa shape index (κ3) is 6.36. The van der Waals surface area contributed by atoms with E-state index in [1.54, 1.807) is 48.5 Å². The first-order valence-corrected chi connectivity index (χ1v) is 11.6. The van der Waals surface area contributed by atoms with Crippen LogP contribution in [0.5, 0.6) is 17.2 Å². The number of carbonyl (C=O) groups is 2. The Hall–Kier alpha value is -3.36. The Morgan fingerprint density at radius 3 is 2.29 bits per heavy atom. The van der Waals surface area contributed by atoms with Gasteiger partial charge in [0.15, 0.2) is 11.5 Å². The summed E-state index contributed by atoms with van der Waals surface area (Å²) in [7, 11) is 2.96. The Bertz CT molecular complexity index is 1280. The number of nitriles is 1. The minimum atomic E-state index is -0.584. The van der Waals surface area contributed by atoms with E-state index in [9.17, 15) is 14.9 Å². The maximum atomic E-state index is 12.6. The van der Waals surface area contributed by atoms with E-state index in [4.69, 9.17) is 14.2 Å². The van der Waals surface area contributed by atoms with Crippen molar-refractivity contribution in [2.24, 2.45) is 0 Å². The summed E-state index contributed by atoms with van der Waals surface area (Å²) in [6.07, 6.45) is 1.42.